The van der Waals surface area contributed by atoms with Crippen LogP contribution in [0.5, 0.6) is 0 Å². The van der Waals surface area contributed by atoms with Crippen LogP contribution in [-0.2, 0) is 14.3 Å². The number of hydrogen-bond acceptors (Lipinski definition) is 5. The molecular weight excluding hydrogens is 395 g/mol. The van der Waals surface area contributed by atoms with Crippen LogP contribution in [0.2, 0.25) is 5.02 Å². The van der Waals surface area contributed by atoms with E-state index in [-0.39, 0.29) is 22.2 Å². The predicted octanol–water partition coefficient (Wildman–Crippen LogP) is 4.30. The van der Waals surface area contributed by atoms with Gasteiger partial charge in [0.1, 0.15) is 10.8 Å². The van der Waals surface area contributed by atoms with Gasteiger partial charge in [-0.25, -0.2) is 9.18 Å². The molecule has 0 saturated heterocycles. The van der Waals surface area contributed by atoms with Gasteiger partial charge < -0.3 is 15.4 Å². The van der Waals surface area contributed by atoms with Gasteiger partial charge in [-0.1, -0.05) is 11.6 Å². The highest BCUT2D eigenvalue weighted by atomic mass is 35.5. The van der Waals surface area contributed by atoms with Crippen LogP contribution in [0.25, 0.3) is 0 Å². The third kappa shape index (κ3) is 5.05. The molecule has 0 spiro atoms. The number of anilines is 2. The molecule has 2 aromatic rings. The van der Waals surface area contributed by atoms with Crippen molar-refractivity contribution < 1.29 is 23.5 Å². The van der Waals surface area contributed by atoms with Crippen LogP contribution in [0.4, 0.5) is 15.1 Å². The fourth-order valence-corrected chi connectivity index (χ4v) is 3.47. The predicted molar refractivity (Wildman–Crippen MR) is 103 cm³/mol. The molecule has 1 unspecified atom stereocenters. The smallest absolute Gasteiger partial charge is 0.342 e. The summed E-state index contributed by atoms with van der Waals surface area (Å²) < 4.78 is 19.0. The van der Waals surface area contributed by atoms with E-state index in [1.54, 1.807) is 6.92 Å². The van der Waals surface area contributed by atoms with Gasteiger partial charge in [-0.3, -0.25) is 9.59 Å². The van der Waals surface area contributed by atoms with E-state index in [1.165, 1.54) is 37.3 Å². The third-order valence-electron chi connectivity index (χ3n) is 3.72. The molecule has 2 amide bonds. The highest BCUT2D eigenvalue weighted by Gasteiger charge is 2.26. The van der Waals surface area contributed by atoms with E-state index in [2.05, 4.69) is 10.6 Å². The van der Waals surface area contributed by atoms with E-state index in [0.29, 0.717) is 10.6 Å². The summed E-state index contributed by atoms with van der Waals surface area (Å²) in [6.07, 6.45) is -1.18. The van der Waals surface area contributed by atoms with Gasteiger partial charge in [0.05, 0.1) is 11.3 Å². The molecule has 0 fully saturated rings. The molecule has 1 heterocycles. The molecule has 0 aliphatic rings. The van der Waals surface area contributed by atoms with Crippen LogP contribution in [0.15, 0.2) is 18.2 Å². The molecule has 144 valence electrons. The maximum atomic E-state index is 13.8. The largest absolute Gasteiger partial charge is 0.449 e. The van der Waals surface area contributed by atoms with Gasteiger partial charge in [-0.15, -0.1) is 11.3 Å². The zero-order chi connectivity index (χ0) is 20.3. The second-order valence-electron chi connectivity index (χ2n) is 5.83. The minimum atomic E-state index is -1.18. The Kier molecular flexibility index (Phi) is 6.56. The molecule has 2 rings (SSSR count). The van der Waals surface area contributed by atoms with E-state index >= 15 is 0 Å². The first-order chi connectivity index (χ1) is 12.6. The van der Waals surface area contributed by atoms with Crippen molar-refractivity contribution in [2.75, 3.05) is 10.6 Å². The molecule has 2 N–H and O–H groups in total. The summed E-state index contributed by atoms with van der Waals surface area (Å²) in [6.45, 7) is 6.23. The van der Waals surface area contributed by atoms with E-state index < -0.39 is 23.8 Å². The highest BCUT2D eigenvalue weighted by molar-refractivity contribution is 7.16. The van der Waals surface area contributed by atoms with Gasteiger partial charge in [0.25, 0.3) is 5.91 Å². The lowest BCUT2D eigenvalue weighted by molar-refractivity contribution is -0.123. The first-order valence-corrected chi connectivity index (χ1v) is 9.14. The lowest BCUT2D eigenvalue weighted by Crippen LogP contribution is -2.30. The number of ether oxygens (including phenoxy) is 1. The van der Waals surface area contributed by atoms with Gasteiger partial charge in [0.15, 0.2) is 6.10 Å². The number of nitrogens with one attached hydrogen (secondary N) is 2. The van der Waals surface area contributed by atoms with Crippen molar-refractivity contribution in [2.45, 2.75) is 33.8 Å². The number of amides is 2. The zero-order valence-corrected chi connectivity index (χ0v) is 16.7. The Hall–Kier alpha value is -2.45. The van der Waals surface area contributed by atoms with E-state index in [9.17, 15) is 18.8 Å². The fraction of sp³-hybridized carbons (Fsp3) is 0.278. The van der Waals surface area contributed by atoms with Crippen molar-refractivity contribution in [3.05, 3.63) is 45.0 Å². The summed E-state index contributed by atoms with van der Waals surface area (Å²) in [5, 5.41) is 5.48. The number of esters is 1. The zero-order valence-electron chi connectivity index (χ0n) is 15.1. The maximum Gasteiger partial charge on any atom is 0.342 e. The molecule has 0 bridgehead atoms. The van der Waals surface area contributed by atoms with Crippen molar-refractivity contribution in [3.8, 4) is 0 Å². The number of hydrogen-bond donors (Lipinski definition) is 2. The molecule has 9 heteroatoms. The summed E-state index contributed by atoms with van der Waals surface area (Å²) in [5.41, 5.74) is 0.781. The van der Waals surface area contributed by atoms with Crippen LogP contribution in [0.3, 0.4) is 0 Å². The number of rotatable bonds is 5. The van der Waals surface area contributed by atoms with Gasteiger partial charge in [-0.2, -0.15) is 0 Å². The van der Waals surface area contributed by atoms with E-state index in [4.69, 9.17) is 16.3 Å². The van der Waals surface area contributed by atoms with Crippen molar-refractivity contribution in [2.24, 2.45) is 0 Å². The summed E-state index contributed by atoms with van der Waals surface area (Å²) in [7, 11) is 0. The molecule has 6 nitrogen and oxygen atoms in total. The van der Waals surface area contributed by atoms with Gasteiger partial charge >= 0.3 is 5.97 Å². The topological polar surface area (TPSA) is 84.5 Å². The van der Waals surface area contributed by atoms with Crippen molar-refractivity contribution in [3.63, 3.8) is 0 Å². The standard InChI is InChI=1S/C18H18ClFN2O4S/c1-8-10(3)27-17(21-11(4)23)15(8)18(25)26-9(2)16(24)22-14-6-5-12(19)7-13(14)20/h5-7,9H,1-4H3,(H,21,23)(H,22,24). The van der Waals surface area contributed by atoms with Crippen LogP contribution in [0.1, 0.15) is 34.6 Å². The Labute approximate surface area is 164 Å². The number of halogens is 2. The summed E-state index contributed by atoms with van der Waals surface area (Å²) in [5.74, 6) is -2.48. The molecule has 0 aliphatic carbocycles. The summed E-state index contributed by atoms with van der Waals surface area (Å²) in [4.78, 5) is 36.9. The number of carbonyl (C=O) groups excluding carboxylic acids is 3. The van der Waals surface area contributed by atoms with Gasteiger partial charge in [0.2, 0.25) is 5.91 Å². The Balaban J connectivity index is 2.13. The second-order valence-corrected chi connectivity index (χ2v) is 7.49. The quantitative estimate of drug-likeness (QED) is 0.717. The molecular formula is C18H18ClFN2O4S. The summed E-state index contributed by atoms with van der Waals surface area (Å²) in [6, 6.07) is 3.80. The van der Waals surface area contributed by atoms with E-state index in [1.807, 2.05) is 6.92 Å². The first kappa shape index (κ1) is 20.9. The molecule has 27 heavy (non-hydrogen) atoms. The lowest BCUT2D eigenvalue weighted by atomic mass is 10.1. The molecule has 0 saturated carbocycles. The van der Waals surface area contributed by atoms with Gasteiger partial charge in [0, 0.05) is 16.8 Å². The Morgan fingerprint density at radius 2 is 1.89 bits per heavy atom. The van der Waals surface area contributed by atoms with Crippen LogP contribution >= 0.6 is 22.9 Å². The van der Waals surface area contributed by atoms with Crippen LogP contribution < -0.4 is 10.6 Å². The number of benzene rings is 1. The molecule has 1 aromatic heterocycles. The average Bonchev–Trinajstić information content (AvgIpc) is 2.83. The minimum absolute atomic E-state index is 0.0752. The monoisotopic (exact) mass is 412 g/mol. The number of thiophene rings is 1. The molecule has 1 aromatic carbocycles. The molecule has 0 radical (unpaired) electrons. The molecule has 1 atom stereocenters. The van der Waals surface area contributed by atoms with E-state index in [0.717, 1.165) is 10.9 Å². The van der Waals surface area contributed by atoms with Gasteiger partial charge in [-0.05, 0) is 44.5 Å². The Morgan fingerprint density at radius 1 is 1.22 bits per heavy atom. The van der Waals surface area contributed by atoms with Crippen molar-refractivity contribution in [1.29, 1.82) is 0 Å². The minimum Gasteiger partial charge on any atom is -0.449 e. The van der Waals surface area contributed by atoms with Crippen LogP contribution in [-0.4, -0.2) is 23.9 Å². The summed E-state index contributed by atoms with van der Waals surface area (Å²) >= 11 is 6.91. The first-order valence-electron chi connectivity index (χ1n) is 7.94. The number of aryl methyl sites for hydroxylation is 1. The second kappa shape index (κ2) is 8.49. The Morgan fingerprint density at radius 3 is 2.48 bits per heavy atom. The molecule has 0 aliphatic heterocycles. The van der Waals surface area contributed by atoms with Crippen molar-refractivity contribution in [1.82, 2.24) is 0 Å². The van der Waals surface area contributed by atoms with Crippen molar-refractivity contribution >= 4 is 51.4 Å². The average molecular weight is 413 g/mol. The SMILES string of the molecule is CC(=O)Nc1sc(C)c(C)c1C(=O)OC(C)C(=O)Nc1ccc(Cl)cc1F. The Bertz CT molecular complexity index is 913. The third-order valence-corrected chi connectivity index (χ3v) is 5.08. The fourth-order valence-electron chi connectivity index (χ4n) is 2.22. The maximum absolute atomic E-state index is 13.8. The lowest BCUT2D eigenvalue weighted by Gasteiger charge is -2.15. The highest BCUT2D eigenvalue weighted by Crippen LogP contribution is 2.33. The van der Waals surface area contributed by atoms with Crippen LogP contribution in [0, 0.1) is 19.7 Å². The number of carbonyl (C=O) groups is 3. The normalized spacial score (nSPS) is 11.6.